The van der Waals surface area contributed by atoms with Crippen molar-refractivity contribution in [2.45, 2.75) is 6.10 Å². The molecule has 0 spiro atoms. The molecule has 86 valence electrons. The second kappa shape index (κ2) is 4.68. The van der Waals surface area contributed by atoms with E-state index in [2.05, 4.69) is 40.8 Å². The Bertz CT molecular complexity index is 623. The summed E-state index contributed by atoms with van der Waals surface area (Å²) in [7, 11) is 0. The number of rotatable bonds is 2. The zero-order valence-electron chi connectivity index (χ0n) is 8.76. The largest absolute Gasteiger partial charge is 0.382 e. The predicted molar refractivity (Wildman–Crippen MR) is 82.9 cm³/mol. The second-order valence-corrected chi connectivity index (χ2v) is 7.86. The van der Waals surface area contributed by atoms with E-state index in [0.29, 0.717) is 0 Å². The molecule has 2 heterocycles. The SMILES string of the molecule is OC(c1ccc(I)s1)c1cc2ccccc2s1. The van der Waals surface area contributed by atoms with Crippen molar-refractivity contribution < 1.29 is 5.11 Å². The van der Waals surface area contributed by atoms with Crippen LogP contribution in [-0.2, 0) is 0 Å². The van der Waals surface area contributed by atoms with E-state index in [-0.39, 0.29) is 0 Å². The van der Waals surface area contributed by atoms with Gasteiger partial charge in [-0.3, -0.25) is 0 Å². The van der Waals surface area contributed by atoms with Crippen molar-refractivity contribution in [1.29, 1.82) is 0 Å². The summed E-state index contributed by atoms with van der Waals surface area (Å²) in [5, 5.41) is 11.5. The first kappa shape index (κ1) is 11.6. The normalized spacial score (nSPS) is 13.1. The number of thiophene rings is 2. The van der Waals surface area contributed by atoms with E-state index in [0.717, 1.165) is 9.75 Å². The lowest BCUT2D eigenvalue weighted by Crippen LogP contribution is -1.92. The Morgan fingerprint density at radius 2 is 1.82 bits per heavy atom. The number of aliphatic hydroxyl groups excluding tert-OH is 1. The molecular formula is C13H9IOS2. The highest BCUT2D eigenvalue weighted by atomic mass is 127. The third-order valence-electron chi connectivity index (χ3n) is 2.58. The minimum Gasteiger partial charge on any atom is -0.382 e. The van der Waals surface area contributed by atoms with Crippen LogP contribution >= 0.6 is 45.3 Å². The predicted octanol–water partition coefficient (Wildman–Crippen LogP) is 4.65. The lowest BCUT2D eigenvalue weighted by atomic mass is 10.2. The maximum atomic E-state index is 10.3. The van der Waals surface area contributed by atoms with Crippen LogP contribution in [0.4, 0.5) is 0 Å². The summed E-state index contributed by atoms with van der Waals surface area (Å²) in [5.41, 5.74) is 0. The molecule has 0 bridgehead atoms. The molecule has 0 radical (unpaired) electrons. The Hall–Kier alpha value is -0.430. The van der Waals surface area contributed by atoms with Gasteiger partial charge in [0.25, 0.3) is 0 Å². The van der Waals surface area contributed by atoms with Crippen molar-refractivity contribution in [1.82, 2.24) is 0 Å². The van der Waals surface area contributed by atoms with Crippen LogP contribution in [0.25, 0.3) is 10.1 Å². The third kappa shape index (κ3) is 2.27. The number of fused-ring (bicyclic) bond motifs is 1. The highest BCUT2D eigenvalue weighted by Crippen LogP contribution is 2.35. The lowest BCUT2D eigenvalue weighted by Gasteiger charge is -2.04. The molecule has 0 saturated heterocycles. The molecule has 0 amide bonds. The van der Waals surface area contributed by atoms with Crippen LogP contribution in [0.15, 0.2) is 42.5 Å². The van der Waals surface area contributed by atoms with Crippen LogP contribution in [0.2, 0.25) is 0 Å². The van der Waals surface area contributed by atoms with Gasteiger partial charge in [0.2, 0.25) is 0 Å². The van der Waals surface area contributed by atoms with Gasteiger partial charge < -0.3 is 5.11 Å². The first-order valence-electron chi connectivity index (χ1n) is 5.16. The van der Waals surface area contributed by atoms with Gasteiger partial charge in [-0.15, -0.1) is 22.7 Å². The van der Waals surface area contributed by atoms with Gasteiger partial charge >= 0.3 is 0 Å². The van der Waals surface area contributed by atoms with E-state index in [1.54, 1.807) is 22.7 Å². The van der Waals surface area contributed by atoms with E-state index in [4.69, 9.17) is 0 Å². The zero-order valence-corrected chi connectivity index (χ0v) is 12.6. The third-order valence-corrected chi connectivity index (χ3v) is 5.69. The molecule has 1 aromatic carbocycles. The van der Waals surface area contributed by atoms with Crippen molar-refractivity contribution in [3.63, 3.8) is 0 Å². The topological polar surface area (TPSA) is 20.2 Å². The number of hydrogen-bond donors (Lipinski definition) is 1. The highest BCUT2D eigenvalue weighted by molar-refractivity contribution is 14.1. The average molecular weight is 372 g/mol. The smallest absolute Gasteiger partial charge is 0.122 e. The van der Waals surface area contributed by atoms with Gasteiger partial charge in [0.1, 0.15) is 6.10 Å². The Labute approximate surface area is 121 Å². The number of halogens is 1. The van der Waals surface area contributed by atoms with Crippen LogP contribution in [-0.4, -0.2) is 5.11 Å². The fourth-order valence-corrected chi connectivity index (χ4v) is 4.58. The number of hydrogen-bond acceptors (Lipinski definition) is 3. The summed E-state index contributed by atoms with van der Waals surface area (Å²) in [6.07, 6.45) is -0.485. The van der Waals surface area contributed by atoms with E-state index in [9.17, 15) is 5.11 Å². The molecule has 0 aliphatic rings. The van der Waals surface area contributed by atoms with Crippen LogP contribution < -0.4 is 0 Å². The highest BCUT2D eigenvalue weighted by Gasteiger charge is 2.15. The summed E-state index contributed by atoms with van der Waals surface area (Å²) in [6.45, 7) is 0. The van der Waals surface area contributed by atoms with Crippen molar-refractivity contribution >= 4 is 55.4 Å². The van der Waals surface area contributed by atoms with Crippen LogP contribution in [0, 0.1) is 2.88 Å². The summed E-state index contributed by atoms with van der Waals surface area (Å²) in [5.74, 6) is 0. The van der Waals surface area contributed by atoms with E-state index >= 15 is 0 Å². The van der Waals surface area contributed by atoms with Gasteiger partial charge in [-0.2, -0.15) is 0 Å². The molecule has 3 rings (SSSR count). The average Bonchev–Trinajstić information content (AvgIpc) is 2.93. The van der Waals surface area contributed by atoms with Gasteiger partial charge in [-0.05, 0) is 52.2 Å². The molecule has 0 fully saturated rings. The molecule has 0 aliphatic carbocycles. The summed E-state index contributed by atoms with van der Waals surface area (Å²) in [6, 6.07) is 14.4. The number of benzene rings is 1. The van der Waals surface area contributed by atoms with Gasteiger partial charge in [0.15, 0.2) is 0 Å². The van der Waals surface area contributed by atoms with Crippen molar-refractivity contribution in [2.24, 2.45) is 0 Å². The Morgan fingerprint density at radius 1 is 1.00 bits per heavy atom. The van der Waals surface area contributed by atoms with Crippen LogP contribution in [0.5, 0.6) is 0 Å². The van der Waals surface area contributed by atoms with Crippen molar-refractivity contribution in [3.05, 3.63) is 55.1 Å². The molecule has 17 heavy (non-hydrogen) atoms. The van der Waals surface area contributed by atoms with E-state index in [1.165, 1.54) is 13.0 Å². The number of aliphatic hydroxyl groups is 1. The minimum atomic E-state index is -0.485. The summed E-state index contributed by atoms with van der Waals surface area (Å²) >= 11 is 5.59. The standard InChI is InChI=1S/C13H9IOS2/c14-12-6-5-10(17-12)13(15)11-7-8-3-1-2-4-9(8)16-11/h1-7,13,15H. The summed E-state index contributed by atoms with van der Waals surface area (Å²) in [4.78, 5) is 2.03. The zero-order chi connectivity index (χ0) is 11.8. The van der Waals surface area contributed by atoms with E-state index < -0.39 is 6.10 Å². The first-order valence-corrected chi connectivity index (χ1v) is 7.87. The molecule has 1 N–H and O–H groups in total. The molecule has 0 aliphatic heterocycles. The monoisotopic (exact) mass is 372 g/mol. The maximum absolute atomic E-state index is 10.3. The second-order valence-electron chi connectivity index (χ2n) is 3.73. The molecule has 3 aromatic rings. The van der Waals surface area contributed by atoms with Gasteiger partial charge in [-0.25, -0.2) is 0 Å². The quantitative estimate of drug-likeness (QED) is 0.650. The molecule has 4 heteroatoms. The van der Waals surface area contributed by atoms with Crippen molar-refractivity contribution in [3.8, 4) is 0 Å². The molecule has 1 atom stereocenters. The molecule has 1 nitrogen and oxygen atoms in total. The Balaban J connectivity index is 2.03. The van der Waals surface area contributed by atoms with Gasteiger partial charge in [-0.1, -0.05) is 18.2 Å². The van der Waals surface area contributed by atoms with E-state index in [1.807, 2.05) is 24.3 Å². The Kier molecular flexibility index (Phi) is 3.21. The maximum Gasteiger partial charge on any atom is 0.122 e. The molecule has 2 aromatic heterocycles. The minimum absolute atomic E-state index is 0.485. The lowest BCUT2D eigenvalue weighted by molar-refractivity contribution is 0.228. The molecule has 1 unspecified atom stereocenters. The van der Waals surface area contributed by atoms with Crippen LogP contribution in [0.1, 0.15) is 15.9 Å². The molecule has 0 saturated carbocycles. The Morgan fingerprint density at radius 3 is 2.53 bits per heavy atom. The van der Waals surface area contributed by atoms with Gasteiger partial charge in [0, 0.05) is 14.5 Å². The first-order chi connectivity index (χ1) is 8.24. The fraction of sp³-hybridized carbons (Fsp3) is 0.0769. The van der Waals surface area contributed by atoms with Crippen molar-refractivity contribution in [2.75, 3.05) is 0 Å². The molecular weight excluding hydrogens is 363 g/mol. The fourth-order valence-electron chi connectivity index (χ4n) is 1.75. The van der Waals surface area contributed by atoms with Crippen LogP contribution in [0.3, 0.4) is 0 Å². The van der Waals surface area contributed by atoms with Gasteiger partial charge in [0.05, 0.1) is 2.88 Å². The summed E-state index contributed by atoms with van der Waals surface area (Å²) < 4.78 is 2.44.